The fourth-order valence-electron chi connectivity index (χ4n) is 2.89. The SMILES string of the molecule is CSc1nc(-c2cccs2)nc(C)c1C(=O)N[C@H](C)c1ccccc1C. The Morgan fingerprint density at radius 1 is 1.15 bits per heavy atom. The molecule has 0 spiro atoms. The van der Waals surface area contributed by atoms with Crippen LogP contribution in [0.3, 0.4) is 0 Å². The van der Waals surface area contributed by atoms with Crippen molar-refractivity contribution in [2.75, 3.05) is 6.26 Å². The fraction of sp³-hybridized carbons (Fsp3) is 0.250. The molecule has 4 nitrogen and oxygen atoms in total. The van der Waals surface area contributed by atoms with Crippen LogP contribution in [0.15, 0.2) is 46.8 Å². The topological polar surface area (TPSA) is 54.9 Å². The van der Waals surface area contributed by atoms with E-state index in [1.54, 1.807) is 11.3 Å². The number of thioether (sulfide) groups is 1. The van der Waals surface area contributed by atoms with Crippen LogP contribution in [0.5, 0.6) is 0 Å². The second-order valence-corrected chi connectivity index (χ2v) is 7.79. The van der Waals surface area contributed by atoms with Crippen molar-refractivity contribution in [3.05, 3.63) is 64.2 Å². The number of rotatable bonds is 5. The summed E-state index contributed by atoms with van der Waals surface area (Å²) >= 11 is 3.06. The predicted octanol–water partition coefficient (Wildman–Crippen LogP) is 5.03. The molecule has 0 bridgehead atoms. The maximum Gasteiger partial charge on any atom is 0.256 e. The summed E-state index contributed by atoms with van der Waals surface area (Å²) in [7, 11) is 0. The highest BCUT2D eigenvalue weighted by molar-refractivity contribution is 7.98. The maximum absolute atomic E-state index is 12.9. The van der Waals surface area contributed by atoms with Crippen LogP contribution in [-0.4, -0.2) is 22.1 Å². The van der Waals surface area contributed by atoms with Gasteiger partial charge in [-0.15, -0.1) is 23.1 Å². The van der Waals surface area contributed by atoms with E-state index in [1.807, 2.05) is 55.8 Å². The molecule has 134 valence electrons. The first-order valence-electron chi connectivity index (χ1n) is 8.34. The normalized spacial score (nSPS) is 12.0. The van der Waals surface area contributed by atoms with E-state index < -0.39 is 0 Å². The zero-order valence-corrected chi connectivity index (χ0v) is 16.9. The monoisotopic (exact) mass is 383 g/mol. The summed E-state index contributed by atoms with van der Waals surface area (Å²) in [5.74, 6) is 0.533. The van der Waals surface area contributed by atoms with Gasteiger partial charge in [-0.3, -0.25) is 4.79 Å². The van der Waals surface area contributed by atoms with Crippen LogP contribution < -0.4 is 5.32 Å². The summed E-state index contributed by atoms with van der Waals surface area (Å²) in [4.78, 5) is 23.1. The Bertz CT molecular complexity index is 923. The molecule has 0 fully saturated rings. The first-order valence-corrected chi connectivity index (χ1v) is 10.4. The van der Waals surface area contributed by atoms with E-state index in [9.17, 15) is 4.79 Å². The van der Waals surface area contributed by atoms with Crippen LogP contribution in [0.1, 0.15) is 40.1 Å². The van der Waals surface area contributed by atoms with E-state index in [1.165, 1.54) is 11.8 Å². The molecule has 1 atom stereocenters. The van der Waals surface area contributed by atoms with Gasteiger partial charge in [-0.1, -0.05) is 30.3 Å². The third-order valence-corrected chi connectivity index (χ3v) is 5.77. The molecule has 26 heavy (non-hydrogen) atoms. The molecule has 6 heteroatoms. The van der Waals surface area contributed by atoms with Gasteiger partial charge in [-0.2, -0.15) is 0 Å². The first kappa shape index (κ1) is 18.6. The van der Waals surface area contributed by atoms with Gasteiger partial charge in [0.1, 0.15) is 5.03 Å². The minimum Gasteiger partial charge on any atom is -0.345 e. The third-order valence-electron chi connectivity index (χ3n) is 4.22. The lowest BCUT2D eigenvalue weighted by Gasteiger charge is -2.18. The number of aromatic nitrogens is 2. The van der Waals surface area contributed by atoms with Crippen molar-refractivity contribution in [1.82, 2.24) is 15.3 Å². The number of hydrogen-bond acceptors (Lipinski definition) is 5. The highest BCUT2D eigenvalue weighted by Gasteiger charge is 2.21. The minimum absolute atomic E-state index is 0.0882. The molecule has 0 unspecified atom stereocenters. The Balaban J connectivity index is 1.90. The van der Waals surface area contributed by atoms with Crippen LogP contribution in [0.4, 0.5) is 0 Å². The van der Waals surface area contributed by atoms with Crippen molar-refractivity contribution in [2.24, 2.45) is 0 Å². The van der Waals surface area contributed by atoms with Gasteiger partial charge in [0.05, 0.1) is 22.2 Å². The van der Waals surface area contributed by atoms with Crippen molar-refractivity contribution in [3.8, 4) is 10.7 Å². The Morgan fingerprint density at radius 2 is 1.92 bits per heavy atom. The van der Waals surface area contributed by atoms with E-state index in [4.69, 9.17) is 0 Å². The lowest BCUT2D eigenvalue weighted by Crippen LogP contribution is -2.29. The quantitative estimate of drug-likeness (QED) is 0.496. The van der Waals surface area contributed by atoms with Crippen molar-refractivity contribution in [2.45, 2.75) is 31.8 Å². The van der Waals surface area contributed by atoms with Crippen molar-refractivity contribution in [1.29, 1.82) is 0 Å². The molecule has 1 aromatic carbocycles. The molecule has 1 N–H and O–H groups in total. The summed E-state index contributed by atoms with van der Waals surface area (Å²) in [6, 6.07) is 12.0. The summed E-state index contributed by atoms with van der Waals surface area (Å²) in [5.41, 5.74) is 3.52. The highest BCUT2D eigenvalue weighted by atomic mass is 32.2. The van der Waals surface area contributed by atoms with E-state index >= 15 is 0 Å². The number of carbonyl (C=O) groups is 1. The number of carbonyl (C=O) groups excluding carboxylic acids is 1. The van der Waals surface area contributed by atoms with E-state index in [-0.39, 0.29) is 11.9 Å². The lowest BCUT2D eigenvalue weighted by atomic mass is 10.0. The molecule has 2 aromatic heterocycles. The largest absolute Gasteiger partial charge is 0.345 e. The number of nitrogens with zero attached hydrogens (tertiary/aromatic N) is 2. The Morgan fingerprint density at radius 3 is 2.58 bits per heavy atom. The second-order valence-electron chi connectivity index (χ2n) is 6.05. The van der Waals surface area contributed by atoms with Gasteiger partial charge < -0.3 is 5.32 Å². The molecule has 0 saturated carbocycles. The molecule has 2 heterocycles. The van der Waals surface area contributed by atoms with Gasteiger partial charge >= 0.3 is 0 Å². The van der Waals surface area contributed by atoms with Gasteiger partial charge in [0.15, 0.2) is 5.82 Å². The molecule has 0 radical (unpaired) electrons. The summed E-state index contributed by atoms with van der Waals surface area (Å²) in [6.45, 7) is 5.91. The van der Waals surface area contributed by atoms with E-state index in [0.717, 1.165) is 16.0 Å². The van der Waals surface area contributed by atoms with Crippen molar-refractivity contribution >= 4 is 29.0 Å². The predicted molar refractivity (Wildman–Crippen MR) is 109 cm³/mol. The first-order chi connectivity index (χ1) is 12.5. The maximum atomic E-state index is 12.9. The van der Waals surface area contributed by atoms with Crippen LogP contribution in [-0.2, 0) is 0 Å². The molecule has 0 aliphatic heterocycles. The number of hydrogen-bond donors (Lipinski definition) is 1. The van der Waals surface area contributed by atoms with Gasteiger partial charge in [0.2, 0.25) is 0 Å². The average molecular weight is 384 g/mol. The molecule has 0 saturated heterocycles. The van der Waals surface area contributed by atoms with E-state index in [2.05, 4.69) is 28.3 Å². The molecular formula is C20H21N3OS2. The standard InChI is InChI=1S/C20H21N3OS2/c1-12-8-5-6-9-15(12)13(2)22-19(24)17-14(3)21-18(23-20(17)25-4)16-10-7-11-26-16/h5-11,13H,1-4H3,(H,22,24)/t13-/m1/s1. The van der Waals surface area contributed by atoms with Crippen LogP contribution in [0.25, 0.3) is 10.7 Å². The Kier molecular flexibility index (Phi) is 5.74. The molecule has 0 aliphatic rings. The van der Waals surface area contributed by atoms with Crippen LogP contribution >= 0.6 is 23.1 Å². The number of benzene rings is 1. The highest BCUT2D eigenvalue weighted by Crippen LogP contribution is 2.28. The van der Waals surface area contributed by atoms with Crippen molar-refractivity contribution in [3.63, 3.8) is 0 Å². The summed E-state index contributed by atoms with van der Waals surface area (Å²) < 4.78 is 0. The minimum atomic E-state index is -0.139. The Hall–Kier alpha value is -2.18. The fourth-order valence-corrected chi connectivity index (χ4v) is 4.17. The van der Waals surface area contributed by atoms with Gasteiger partial charge in [-0.05, 0) is 49.6 Å². The second kappa shape index (κ2) is 8.01. The zero-order chi connectivity index (χ0) is 18.7. The van der Waals surface area contributed by atoms with Gasteiger partial charge in [0, 0.05) is 0 Å². The molecule has 0 aliphatic carbocycles. The van der Waals surface area contributed by atoms with Gasteiger partial charge in [0.25, 0.3) is 5.91 Å². The molecule has 1 amide bonds. The summed E-state index contributed by atoms with van der Waals surface area (Å²) in [6.07, 6.45) is 1.93. The molecule has 3 aromatic rings. The van der Waals surface area contributed by atoms with Gasteiger partial charge in [-0.25, -0.2) is 9.97 Å². The molecular weight excluding hydrogens is 362 g/mol. The summed E-state index contributed by atoms with van der Waals surface area (Å²) in [5, 5.41) is 5.79. The Labute approximate surface area is 162 Å². The molecule has 3 rings (SSSR count). The lowest BCUT2D eigenvalue weighted by molar-refractivity contribution is 0.0935. The smallest absolute Gasteiger partial charge is 0.256 e. The van der Waals surface area contributed by atoms with Crippen LogP contribution in [0, 0.1) is 13.8 Å². The number of thiophene rings is 1. The van der Waals surface area contributed by atoms with Crippen molar-refractivity contribution < 1.29 is 4.79 Å². The average Bonchev–Trinajstić information content (AvgIpc) is 3.15. The number of nitrogens with one attached hydrogen (secondary N) is 1. The number of amides is 1. The van der Waals surface area contributed by atoms with Crippen LogP contribution in [0.2, 0.25) is 0 Å². The third kappa shape index (κ3) is 3.81. The van der Waals surface area contributed by atoms with E-state index in [0.29, 0.717) is 22.1 Å². The number of aryl methyl sites for hydroxylation is 2. The zero-order valence-electron chi connectivity index (χ0n) is 15.2.